The Morgan fingerprint density at radius 2 is 1.96 bits per heavy atom. The number of fused-ring (bicyclic) bond motifs is 1. The second-order valence-corrected chi connectivity index (χ2v) is 7.52. The van der Waals surface area contributed by atoms with Crippen LogP contribution in [0.5, 0.6) is 0 Å². The Balaban J connectivity index is 1.36. The van der Waals surface area contributed by atoms with Gasteiger partial charge in [0.15, 0.2) is 11.5 Å². The van der Waals surface area contributed by atoms with Gasteiger partial charge in [0.1, 0.15) is 0 Å². The third-order valence-electron chi connectivity index (χ3n) is 5.40. The molecule has 28 heavy (non-hydrogen) atoms. The first kappa shape index (κ1) is 17.1. The summed E-state index contributed by atoms with van der Waals surface area (Å²) in [5.41, 5.74) is 4.41. The predicted octanol–water partition coefficient (Wildman–Crippen LogP) is 2.90. The molecule has 0 spiro atoms. The van der Waals surface area contributed by atoms with E-state index in [9.17, 15) is 0 Å². The van der Waals surface area contributed by atoms with Crippen LogP contribution in [0.2, 0.25) is 0 Å². The van der Waals surface area contributed by atoms with Gasteiger partial charge in [0, 0.05) is 62.0 Å². The summed E-state index contributed by atoms with van der Waals surface area (Å²) >= 11 is 0. The topological polar surface area (TPSA) is 64.1 Å². The normalized spacial score (nSPS) is 18.0. The smallest absolute Gasteiger partial charge is 0.156 e. The zero-order valence-corrected chi connectivity index (χ0v) is 15.9. The lowest BCUT2D eigenvalue weighted by molar-refractivity contribution is 0.196. The number of piperidine rings is 1. The maximum atomic E-state index is 4.81. The van der Waals surface area contributed by atoms with Crippen LogP contribution in [0, 0.1) is 0 Å². The van der Waals surface area contributed by atoms with Crippen molar-refractivity contribution < 1.29 is 0 Å². The predicted molar refractivity (Wildman–Crippen MR) is 107 cm³/mol. The second-order valence-electron chi connectivity index (χ2n) is 7.52. The third kappa shape index (κ3) is 3.41. The van der Waals surface area contributed by atoms with Gasteiger partial charge in [0.05, 0.1) is 6.20 Å². The van der Waals surface area contributed by atoms with Crippen LogP contribution in [0.3, 0.4) is 0 Å². The highest BCUT2D eigenvalue weighted by Gasteiger charge is 2.25. The van der Waals surface area contributed by atoms with E-state index in [1.807, 2.05) is 53.0 Å². The molecule has 0 aliphatic carbocycles. The van der Waals surface area contributed by atoms with Gasteiger partial charge in [-0.1, -0.05) is 0 Å². The molecular formula is C21H23N7. The molecule has 4 aromatic rings. The maximum absolute atomic E-state index is 4.81. The molecule has 0 amide bonds. The monoisotopic (exact) mass is 373 g/mol. The number of hydrogen-bond donors (Lipinski definition) is 0. The van der Waals surface area contributed by atoms with Crippen molar-refractivity contribution in [1.29, 1.82) is 0 Å². The number of nitrogens with zero attached hydrogens (tertiary/aromatic N) is 7. The molecule has 1 aliphatic heterocycles. The molecule has 5 rings (SSSR count). The average molecular weight is 373 g/mol. The summed E-state index contributed by atoms with van der Waals surface area (Å²) in [6.45, 7) is 3.04. The number of likely N-dealkylation sites (tertiary alicyclic amines) is 1. The molecule has 5 heterocycles. The van der Waals surface area contributed by atoms with Gasteiger partial charge in [-0.2, -0.15) is 10.2 Å². The molecule has 0 bridgehead atoms. The van der Waals surface area contributed by atoms with Crippen molar-refractivity contribution in [3.05, 3.63) is 66.6 Å². The lowest BCUT2D eigenvalue weighted by Crippen LogP contribution is -2.34. The van der Waals surface area contributed by atoms with Crippen LogP contribution >= 0.6 is 0 Å². The lowest BCUT2D eigenvalue weighted by atomic mass is 9.97. The van der Waals surface area contributed by atoms with Gasteiger partial charge in [0.2, 0.25) is 0 Å². The van der Waals surface area contributed by atoms with Crippen LogP contribution in [0.4, 0.5) is 0 Å². The van der Waals surface area contributed by atoms with E-state index < -0.39 is 0 Å². The minimum Gasteiger partial charge on any atom is -0.298 e. The maximum Gasteiger partial charge on any atom is 0.156 e. The summed E-state index contributed by atoms with van der Waals surface area (Å²) in [6.07, 6.45) is 12.0. The SMILES string of the molecule is Cn1cc(CN2CCCC(c3nc4ccc(-c5ccncc5)cn4n3)C2)cn1. The van der Waals surface area contributed by atoms with Gasteiger partial charge in [-0.3, -0.25) is 14.6 Å². The highest BCUT2D eigenvalue weighted by molar-refractivity contribution is 5.63. The van der Waals surface area contributed by atoms with E-state index in [4.69, 9.17) is 10.1 Å². The molecule has 7 heteroatoms. The quantitative estimate of drug-likeness (QED) is 0.550. The van der Waals surface area contributed by atoms with Crippen molar-refractivity contribution in [2.24, 2.45) is 7.05 Å². The summed E-state index contributed by atoms with van der Waals surface area (Å²) in [4.78, 5) is 11.4. The van der Waals surface area contributed by atoms with Crippen molar-refractivity contribution in [2.75, 3.05) is 13.1 Å². The Bertz CT molecular complexity index is 1080. The molecule has 4 aromatic heterocycles. The van der Waals surface area contributed by atoms with E-state index >= 15 is 0 Å². The molecule has 1 aliphatic rings. The van der Waals surface area contributed by atoms with Crippen molar-refractivity contribution in [3.63, 3.8) is 0 Å². The number of rotatable bonds is 4. The second kappa shape index (κ2) is 7.16. The van der Waals surface area contributed by atoms with Gasteiger partial charge in [-0.25, -0.2) is 9.50 Å². The number of pyridine rings is 2. The minimum atomic E-state index is 0.370. The van der Waals surface area contributed by atoms with Crippen LogP contribution in [0.15, 0.2) is 55.2 Å². The van der Waals surface area contributed by atoms with Gasteiger partial charge in [-0.05, 0) is 49.2 Å². The number of aryl methyl sites for hydroxylation is 1. The van der Waals surface area contributed by atoms with Crippen molar-refractivity contribution in [3.8, 4) is 11.1 Å². The Hall–Kier alpha value is -3.06. The van der Waals surface area contributed by atoms with Crippen molar-refractivity contribution in [2.45, 2.75) is 25.3 Å². The summed E-state index contributed by atoms with van der Waals surface area (Å²) in [6, 6.07) is 8.16. The first-order valence-corrected chi connectivity index (χ1v) is 9.71. The van der Waals surface area contributed by atoms with Gasteiger partial charge in [0.25, 0.3) is 0 Å². The minimum absolute atomic E-state index is 0.370. The zero-order chi connectivity index (χ0) is 18.9. The molecule has 0 saturated carbocycles. The van der Waals surface area contributed by atoms with Gasteiger partial charge < -0.3 is 0 Å². The molecule has 1 saturated heterocycles. The first-order chi connectivity index (χ1) is 13.7. The van der Waals surface area contributed by atoms with E-state index in [2.05, 4.69) is 33.4 Å². The summed E-state index contributed by atoms with van der Waals surface area (Å²) < 4.78 is 3.77. The van der Waals surface area contributed by atoms with E-state index in [0.29, 0.717) is 5.92 Å². The van der Waals surface area contributed by atoms with E-state index in [-0.39, 0.29) is 0 Å². The molecule has 1 atom stereocenters. The van der Waals surface area contributed by atoms with Gasteiger partial charge in [-0.15, -0.1) is 0 Å². The fraction of sp³-hybridized carbons (Fsp3) is 0.333. The Kier molecular flexibility index (Phi) is 4.37. The Labute approximate surface area is 163 Å². The fourth-order valence-electron chi connectivity index (χ4n) is 4.01. The molecular weight excluding hydrogens is 350 g/mol. The van der Waals surface area contributed by atoms with Crippen LogP contribution in [-0.2, 0) is 13.6 Å². The van der Waals surface area contributed by atoms with E-state index in [1.54, 1.807) is 0 Å². The van der Waals surface area contributed by atoms with Crippen LogP contribution in [0.25, 0.3) is 16.8 Å². The summed E-state index contributed by atoms with van der Waals surface area (Å²) in [7, 11) is 1.96. The van der Waals surface area contributed by atoms with Crippen LogP contribution in [0.1, 0.15) is 30.1 Å². The number of hydrogen-bond acceptors (Lipinski definition) is 5. The molecule has 0 aromatic carbocycles. The number of aromatic nitrogens is 6. The fourth-order valence-corrected chi connectivity index (χ4v) is 4.01. The van der Waals surface area contributed by atoms with Crippen LogP contribution < -0.4 is 0 Å². The first-order valence-electron chi connectivity index (χ1n) is 9.71. The Morgan fingerprint density at radius 1 is 1.07 bits per heavy atom. The Morgan fingerprint density at radius 3 is 2.79 bits per heavy atom. The lowest BCUT2D eigenvalue weighted by Gasteiger charge is -2.30. The van der Waals surface area contributed by atoms with Crippen molar-refractivity contribution >= 4 is 5.65 Å². The molecule has 142 valence electrons. The highest BCUT2D eigenvalue weighted by atomic mass is 15.3. The average Bonchev–Trinajstić information content (AvgIpc) is 3.34. The van der Waals surface area contributed by atoms with Crippen LogP contribution in [-0.4, -0.2) is 47.4 Å². The van der Waals surface area contributed by atoms with E-state index in [1.165, 1.54) is 12.0 Å². The highest BCUT2D eigenvalue weighted by Crippen LogP contribution is 2.27. The molecule has 7 nitrogen and oxygen atoms in total. The van der Waals surface area contributed by atoms with Gasteiger partial charge >= 0.3 is 0 Å². The summed E-state index contributed by atoms with van der Waals surface area (Å²) in [5.74, 6) is 1.32. The van der Waals surface area contributed by atoms with E-state index in [0.717, 1.165) is 48.7 Å². The van der Waals surface area contributed by atoms with Crippen molar-refractivity contribution in [1.82, 2.24) is 34.3 Å². The summed E-state index contributed by atoms with van der Waals surface area (Å²) in [5, 5.41) is 9.09. The molecule has 1 fully saturated rings. The standard InChI is InChI=1S/C21H23N7/c1-26-12-16(11-23-26)13-27-10-2-3-19(14-27)21-24-20-5-4-18(15-28(20)25-21)17-6-8-22-9-7-17/h4-9,11-12,15,19H,2-3,10,13-14H2,1H3. The third-order valence-corrected chi connectivity index (χ3v) is 5.40. The zero-order valence-electron chi connectivity index (χ0n) is 15.9. The molecule has 1 unspecified atom stereocenters. The largest absolute Gasteiger partial charge is 0.298 e. The molecule has 0 radical (unpaired) electrons. The molecule has 0 N–H and O–H groups in total.